The van der Waals surface area contributed by atoms with Gasteiger partial charge in [0, 0.05) is 18.5 Å². The van der Waals surface area contributed by atoms with Crippen LogP contribution in [0.2, 0.25) is 0 Å². The molecule has 2 bridgehead atoms. The first-order valence-electron chi connectivity index (χ1n) is 6.37. The third-order valence-electron chi connectivity index (χ3n) is 3.68. The van der Waals surface area contributed by atoms with Crippen molar-refractivity contribution >= 4 is 12.4 Å². The van der Waals surface area contributed by atoms with Gasteiger partial charge in [-0.1, -0.05) is 0 Å². The summed E-state index contributed by atoms with van der Waals surface area (Å²) in [6, 6.07) is 0.362. The number of amides is 1. The van der Waals surface area contributed by atoms with Crippen LogP contribution in [0.25, 0.3) is 0 Å². The van der Waals surface area contributed by atoms with E-state index in [1.54, 1.807) is 0 Å². The van der Waals surface area contributed by atoms with Crippen LogP contribution in [0.1, 0.15) is 46.5 Å². The summed E-state index contributed by atoms with van der Waals surface area (Å²) in [5.74, 6) is 0.498. The van der Waals surface area contributed by atoms with Gasteiger partial charge in [-0.25, -0.2) is 4.79 Å². The molecule has 1 saturated heterocycles. The van der Waals surface area contributed by atoms with E-state index in [2.05, 4.69) is 0 Å². The zero-order chi connectivity index (χ0) is 12.6. The Hall–Kier alpha value is -1.06. The van der Waals surface area contributed by atoms with E-state index in [4.69, 9.17) is 4.74 Å². The number of aldehydes is 1. The lowest BCUT2D eigenvalue weighted by molar-refractivity contribution is -0.109. The molecule has 1 saturated carbocycles. The predicted octanol–water partition coefficient (Wildman–Crippen LogP) is 2.36. The second kappa shape index (κ2) is 4.31. The van der Waals surface area contributed by atoms with Crippen molar-refractivity contribution in [2.75, 3.05) is 0 Å². The summed E-state index contributed by atoms with van der Waals surface area (Å²) >= 11 is 0. The molecule has 2 rings (SSSR count). The number of ether oxygens (including phenoxy) is 1. The van der Waals surface area contributed by atoms with Crippen molar-refractivity contribution in [3.05, 3.63) is 0 Å². The van der Waals surface area contributed by atoms with Gasteiger partial charge in [0.05, 0.1) is 0 Å². The van der Waals surface area contributed by atoms with Gasteiger partial charge in [0.1, 0.15) is 11.9 Å². The van der Waals surface area contributed by atoms with Crippen LogP contribution in [0.5, 0.6) is 0 Å². The number of carbonyl (C=O) groups is 2. The first-order valence-corrected chi connectivity index (χ1v) is 6.37. The number of fused-ring (bicyclic) bond motifs is 2. The molecule has 1 amide bonds. The van der Waals surface area contributed by atoms with Crippen LogP contribution in [0, 0.1) is 5.92 Å². The summed E-state index contributed by atoms with van der Waals surface area (Å²) < 4.78 is 5.42. The van der Waals surface area contributed by atoms with Gasteiger partial charge in [0.2, 0.25) is 0 Å². The van der Waals surface area contributed by atoms with Crippen molar-refractivity contribution in [1.29, 1.82) is 0 Å². The smallest absolute Gasteiger partial charge is 0.410 e. The molecule has 0 aromatic carbocycles. The van der Waals surface area contributed by atoms with Crippen LogP contribution in [-0.4, -0.2) is 35.0 Å². The summed E-state index contributed by atoms with van der Waals surface area (Å²) in [5.41, 5.74) is -0.468. The Morgan fingerprint density at radius 1 is 1.41 bits per heavy atom. The minimum atomic E-state index is -0.468. The van der Waals surface area contributed by atoms with Crippen LogP contribution < -0.4 is 0 Å². The Balaban J connectivity index is 2.07. The second-order valence-electron chi connectivity index (χ2n) is 6.08. The normalized spacial score (nSPS) is 31.7. The van der Waals surface area contributed by atoms with E-state index >= 15 is 0 Å². The highest BCUT2D eigenvalue weighted by Crippen LogP contribution is 2.43. The zero-order valence-corrected chi connectivity index (χ0v) is 10.8. The van der Waals surface area contributed by atoms with Crippen molar-refractivity contribution < 1.29 is 14.3 Å². The maximum atomic E-state index is 12.1. The standard InChI is InChI=1S/C13H21NO3/c1-13(2,3)17-12(16)14-10-5-4-9(8-10)11(14)6-7-15/h7,9-11H,4-6,8H2,1-3H3/t9-,10?,11?/m0/s1. The van der Waals surface area contributed by atoms with Gasteiger partial charge >= 0.3 is 6.09 Å². The summed E-state index contributed by atoms with van der Waals surface area (Å²) in [4.78, 5) is 24.6. The van der Waals surface area contributed by atoms with E-state index in [9.17, 15) is 9.59 Å². The molecule has 2 unspecified atom stereocenters. The lowest BCUT2D eigenvalue weighted by atomic mass is 9.97. The van der Waals surface area contributed by atoms with Crippen molar-refractivity contribution in [1.82, 2.24) is 4.90 Å². The van der Waals surface area contributed by atoms with E-state index in [0.717, 1.165) is 25.5 Å². The first-order chi connectivity index (χ1) is 7.92. The molecule has 1 heterocycles. The fourth-order valence-corrected chi connectivity index (χ4v) is 3.10. The monoisotopic (exact) mass is 239 g/mol. The van der Waals surface area contributed by atoms with Crippen LogP contribution in [0.15, 0.2) is 0 Å². The topological polar surface area (TPSA) is 46.6 Å². The molecule has 0 spiro atoms. The predicted molar refractivity (Wildman–Crippen MR) is 63.7 cm³/mol. The van der Waals surface area contributed by atoms with E-state index in [1.165, 1.54) is 0 Å². The van der Waals surface area contributed by atoms with Gasteiger partial charge in [-0.3, -0.25) is 0 Å². The zero-order valence-electron chi connectivity index (χ0n) is 10.8. The molecule has 0 aromatic rings. The van der Waals surface area contributed by atoms with E-state index in [0.29, 0.717) is 18.4 Å². The molecule has 4 heteroatoms. The Labute approximate surface area is 102 Å². The Kier molecular flexibility index (Phi) is 3.15. The molecule has 2 aliphatic rings. The molecule has 4 nitrogen and oxygen atoms in total. The number of likely N-dealkylation sites (tertiary alicyclic amines) is 1. The summed E-state index contributed by atoms with van der Waals surface area (Å²) in [5, 5.41) is 0. The van der Waals surface area contributed by atoms with Crippen LogP contribution in [-0.2, 0) is 9.53 Å². The number of piperidine rings is 1. The summed E-state index contributed by atoms with van der Waals surface area (Å²) in [6.45, 7) is 5.61. The van der Waals surface area contributed by atoms with Crippen molar-refractivity contribution in [2.24, 2.45) is 5.92 Å². The fraction of sp³-hybridized carbons (Fsp3) is 0.846. The van der Waals surface area contributed by atoms with Crippen LogP contribution in [0.3, 0.4) is 0 Å². The number of hydrogen-bond donors (Lipinski definition) is 0. The van der Waals surface area contributed by atoms with Crippen molar-refractivity contribution in [3.63, 3.8) is 0 Å². The fourth-order valence-electron chi connectivity index (χ4n) is 3.10. The summed E-state index contributed by atoms with van der Waals surface area (Å²) in [6.07, 6.45) is 4.35. The van der Waals surface area contributed by atoms with Gasteiger partial charge in [-0.15, -0.1) is 0 Å². The highest BCUT2D eigenvalue weighted by atomic mass is 16.6. The minimum Gasteiger partial charge on any atom is -0.444 e. The lowest BCUT2D eigenvalue weighted by Gasteiger charge is -2.35. The quantitative estimate of drug-likeness (QED) is 0.695. The van der Waals surface area contributed by atoms with Gasteiger partial charge in [0.25, 0.3) is 0 Å². The molecular formula is C13H21NO3. The summed E-state index contributed by atoms with van der Waals surface area (Å²) in [7, 11) is 0. The van der Waals surface area contributed by atoms with E-state index in [1.807, 2.05) is 25.7 Å². The largest absolute Gasteiger partial charge is 0.444 e. The first kappa shape index (κ1) is 12.4. The Bertz CT molecular complexity index is 321. The highest BCUT2D eigenvalue weighted by Gasteiger charge is 2.48. The number of nitrogens with zero attached hydrogens (tertiary/aromatic N) is 1. The molecule has 3 atom stereocenters. The molecule has 0 radical (unpaired) electrons. The van der Waals surface area contributed by atoms with Crippen molar-refractivity contribution in [2.45, 2.75) is 64.1 Å². The van der Waals surface area contributed by atoms with E-state index in [-0.39, 0.29) is 12.1 Å². The lowest BCUT2D eigenvalue weighted by Crippen LogP contribution is -2.47. The van der Waals surface area contributed by atoms with Gasteiger partial charge in [0.15, 0.2) is 0 Å². The van der Waals surface area contributed by atoms with Gasteiger partial charge < -0.3 is 14.4 Å². The van der Waals surface area contributed by atoms with Gasteiger partial charge in [-0.2, -0.15) is 0 Å². The third kappa shape index (κ3) is 2.45. The molecule has 96 valence electrons. The average molecular weight is 239 g/mol. The number of carbonyl (C=O) groups excluding carboxylic acids is 2. The molecular weight excluding hydrogens is 218 g/mol. The second-order valence-corrected chi connectivity index (χ2v) is 6.08. The molecule has 1 aliphatic heterocycles. The SMILES string of the molecule is CC(C)(C)OC(=O)N1C2CC[C@@H](C2)C1CC=O. The van der Waals surface area contributed by atoms with Crippen molar-refractivity contribution in [3.8, 4) is 0 Å². The number of hydrogen-bond acceptors (Lipinski definition) is 3. The number of rotatable bonds is 2. The molecule has 1 aliphatic carbocycles. The maximum Gasteiger partial charge on any atom is 0.410 e. The van der Waals surface area contributed by atoms with Crippen LogP contribution in [0.4, 0.5) is 4.79 Å². The van der Waals surface area contributed by atoms with Crippen LogP contribution >= 0.6 is 0 Å². The molecule has 0 aromatic heterocycles. The Morgan fingerprint density at radius 3 is 2.71 bits per heavy atom. The average Bonchev–Trinajstić information content (AvgIpc) is 2.75. The highest BCUT2D eigenvalue weighted by molar-refractivity contribution is 5.70. The minimum absolute atomic E-state index is 0.0705. The maximum absolute atomic E-state index is 12.1. The third-order valence-corrected chi connectivity index (χ3v) is 3.68. The molecule has 17 heavy (non-hydrogen) atoms. The van der Waals surface area contributed by atoms with E-state index < -0.39 is 5.60 Å². The molecule has 0 N–H and O–H groups in total. The van der Waals surface area contributed by atoms with Gasteiger partial charge in [-0.05, 0) is 46.0 Å². The Morgan fingerprint density at radius 2 is 2.12 bits per heavy atom. The molecule has 2 fully saturated rings.